The highest BCUT2D eigenvalue weighted by molar-refractivity contribution is 5.14. The maximum Gasteiger partial charge on any atom is 0.0233 e. The summed E-state index contributed by atoms with van der Waals surface area (Å²) >= 11 is 0. The molecule has 100 valence electrons. The number of nitrogens with zero attached hydrogens (tertiary/aromatic N) is 2. The predicted molar refractivity (Wildman–Crippen MR) is 77.6 cm³/mol. The van der Waals surface area contributed by atoms with E-state index in [0.29, 0.717) is 0 Å². The zero-order valence-corrected chi connectivity index (χ0v) is 11.8. The zero-order chi connectivity index (χ0) is 12.8. The van der Waals surface area contributed by atoms with Gasteiger partial charge < -0.3 is 4.90 Å². The molecule has 1 saturated heterocycles. The zero-order valence-electron chi connectivity index (χ0n) is 11.8. The highest BCUT2D eigenvalue weighted by Gasteiger charge is 2.23. The Morgan fingerprint density at radius 1 is 1.17 bits per heavy atom. The largest absolute Gasteiger partial charge is 0.304 e. The van der Waals surface area contributed by atoms with E-state index in [4.69, 9.17) is 0 Å². The van der Waals surface area contributed by atoms with Crippen LogP contribution in [0.4, 0.5) is 0 Å². The maximum atomic E-state index is 2.60. The van der Waals surface area contributed by atoms with Crippen LogP contribution in [0.1, 0.15) is 25.8 Å². The second-order valence-corrected chi connectivity index (χ2v) is 5.36. The minimum Gasteiger partial charge on any atom is -0.304 e. The van der Waals surface area contributed by atoms with E-state index in [2.05, 4.69) is 54.0 Å². The third-order valence-corrected chi connectivity index (χ3v) is 4.03. The lowest BCUT2D eigenvalue weighted by Crippen LogP contribution is -2.30. The Morgan fingerprint density at radius 2 is 1.89 bits per heavy atom. The van der Waals surface area contributed by atoms with Gasteiger partial charge in [-0.3, -0.25) is 4.90 Å². The van der Waals surface area contributed by atoms with Gasteiger partial charge in [0.15, 0.2) is 0 Å². The molecular formula is C16H26N2. The second-order valence-electron chi connectivity index (χ2n) is 5.36. The van der Waals surface area contributed by atoms with E-state index in [0.717, 1.165) is 12.5 Å². The Bertz CT molecular complexity index is 332. The fraction of sp³-hybridized carbons (Fsp3) is 0.625. The first-order valence-corrected chi connectivity index (χ1v) is 7.30. The molecule has 1 aromatic rings. The predicted octanol–water partition coefficient (Wildman–Crippen LogP) is 2.85. The monoisotopic (exact) mass is 246 g/mol. The molecular weight excluding hydrogens is 220 g/mol. The molecule has 2 rings (SSSR count). The van der Waals surface area contributed by atoms with Crippen molar-refractivity contribution in [2.75, 3.05) is 32.7 Å². The first kappa shape index (κ1) is 13.6. The summed E-state index contributed by atoms with van der Waals surface area (Å²) < 4.78 is 0. The van der Waals surface area contributed by atoms with Gasteiger partial charge >= 0.3 is 0 Å². The fourth-order valence-corrected chi connectivity index (χ4v) is 2.89. The van der Waals surface area contributed by atoms with Crippen molar-refractivity contribution >= 4 is 0 Å². The molecule has 0 saturated carbocycles. The van der Waals surface area contributed by atoms with Crippen molar-refractivity contribution in [3.63, 3.8) is 0 Å². The van der Waals surface area contributed by atoms with Crippen LogP contribution in [0.15, 0.2) is 30.3 Å². The first-order chi connectivity index (χ1) is 8.81. The van der Waals surface area contributed by atoms with E-state index in [1.165, 1.54) is 44.7 Å². The van der Waals surface area contributed by atoms with E-state index in [9.17, 15) is 0 Å². The molecule has 1 unspecified atom stereocenters. The van der Waals surface area contributed by atoms with E-state index < -0.39 is 0 Å². The Kier molecular flexibility index (Phi) is 5.21. The topological polar surface area (TPSA) is 6.48 Å². The molecule has 0 N–H and O–H groups in total. The van der Waals surface area contributed by atoms with Crippen molar-refractivity contribution in [2.24, 2.45) is 5.92 Å². The standard InChI is InChI=1S/C16H26N2/c1-3-17(4-2)13-16-10-11-18(14-16)12-15-8-6-5-7-9-15/h5-9,16H,3-4,10-14H2,1-2H3. The smallest absolute Gasteiger partial charge is 0.0233 e. The fourth-order valence-electron chi connectivity index (χ4n) is 2.89. The van der Waals surface area contributed by atoms with Gasteiger partial charge in [0, 0.05) is 19.6 Å². The van der Waals surface area contributed by atoms with Crippen LogP contribution in [0.3, 0.4) is 0 Å². The maximum absolute atomic E-state index is 2.60. The molecule has 1 aliphatic rings. The van der Waals surface area contributed by atoms with E-state index in [-0.39, 0.29) is 0 Å². The van der Waals surface area contributed by atoms with Crippen molar-refractivity contribution in [2.45, 2.75) is 26.8 Å². The third-order valence-electron chi connectivity index (χ3n) is 4.03. The van der Waals surface area contributed by atoms with E-state index >= 15 is 0 Å². The quantitative estimate of drug-likeness (QED) is 0.761. The van der Waals surface area contributed by atoms with Crippen LogP contribution < -0.4 is 0 Å². The molecule has 1 aliphatic heterocycles. The van der Waals surface area contributed by atoms with Crippen molar-refractivity contribution in [3.8, 4) is 0 Å². The molecule has 0 spiro atoms. The van der Waals surface area contributed by atoms with Gasteiger partial charge in [-0.1, -0.05) is 44.2 Å². The van der Waals surface area contributed by atoms with Crippen molar-refractivity contribution < 1.29 is 0 Å². The van der Waals surface area contributed by atoms with Gasteiger partial charge in [-0.25, -0.2) is 0 Å². The number of hydrogen-bond donors (Lipinski definition) is 0. The Labute approximate surface area is 112 Å². The molecule has 0 bridgehead atoms. The van der Waals surface area contributed by atoms with Gasteiger partial charge in [0.25, 0.3) is 0 Å². The normalized spacial score (nSPS) is 20.7. The van der Waals surface area contributed by atoms with Gasteiger partial charge in [0.2, 0.25) is 0 Å². The molecule has 2 heteroatoms. The average molecular weight is 246 g/mol. The first-order valence-electron chi connectivity index (χ1n) is 7.30. The van der Waals surface area contributed by atoms with Gasteiger partial charge in [-0.2, -0.15) is 0 Å². The highest BCUT2D eigenvalue weighted by atomic mass is 15.2. The van der Waals surface area contributed by atoms with Crippen LogP contribution in [0.5, 0.6) is 0 Å². The SMILES string of the molecule is CCN(CC)CC1CCN(Cc2ccccc2)C1. The lowest BCUT2D eigenvalue weighted by Gasteiger charge is -2.22. The third kappa shape index (κ3) is 3.82. The molecule has 0 aliphatic carbocycles. The molecule has 0 aromatic heterocycles. The minimum atomic E-state index is 0.869. The summed E-state index contributed by atoms with van der Waals surface area (Å²) in [6.07, 6.45) is 1.36. The summed E-state index contributed by atoms with van der Waals surface area (Å²) in [6, 6.07) is 10.8. The van der Waals surface area contributed by atoms with Crippen molar-refractivity contribution in [3.05, 3.63) is 35.9 Å². The number of likely N-dealkylation sites (tertiary alicyclic amines) is 1. The van der Waals surface area contributed by atoms with E-state index in [1.54, 1.807) is 0 Å². The highest BCUT2D eigenvalue weighted by Crippen LogP contribution is 2.19. The number of hydrogen-bond acceptors (Lipinski definition) is 2. The summed E-state index contributed by atoms with van der Waals surface area (Å²) in [5.41, 5.74) is 1.45. The Balaban J connectivity index is 1.78. The summed E-state index contributed by atoms with van der Waals surface area (Å²) in [5, 5.41) is 0. The second kappa shape index (κ2) is 6.91. The number of rotatable bonds is 6. The van der Waals surface area contributed by atoms with Crippen LogP contribution in [0, 0.1) is 5.92 Å². The van der Waals surface area contributed by atoms with Crippen molar-refractivity contribution in [1.82, 2.24) is 9.80 Å². The van der Waals surface area contributed by atoms with Gasteiger partial charge in [-0.15, -0.1) is 0 Å². The molecule has 1 atom stereocenters. The Morgan fingerprint density at radius 3 is 2.56 bits per heavy atom. The van der Waals surface area contributed by atoms with Gasteiger partial charge in [0.05, 0.1) is 0 Å². The van der Waals surface area contributed by atoms with Crippen LogP contribution in [-0.2, 0) is 6.54 Å². The average Bonchev–Trinajstić information content (AvgIpc) is 2.84. The molecule has 2 nitrogen and oxygen atoms in total. The van der Waals surface area contributed by atoms with Gasteiger partial charge in [-0.05, 0) is 37.5 Å². The molecule has 18 heavy (non-hydrogen) atoms. The van der Waals surface area contributed by atoms with Crippen LogP contribution >= 0.6 is 0 Å². The summed E-state index contributed by atoms with van der Waals surface area (Å²) in [6.45, 7) is 11.8. The van der Waals surface area contributed by atoms with Crippen molar-refractivity contribution in [1.29, 1.82) is 0 Å². The van der Waals surface area contributed by atoms with Gasteiger partial charge in [0.1, 0.15) is 0 Å². The molecule has 1 aromatic carbocycles. The summed E-state index contributed by atoms with van der Waals surface area (Å²) in [5.74, 6) is 0.869. The summed E-state index contributed by atoms with van der Waals surface area (Å²) in [7, 11) is 0. The lowest BCUT2D eigenvalue weighted by molar-refractivity contribution is 0.242. The number of benzene rings is 1. The molecule has 0 amide bonds. The summed E-state index contributed by atoms with van der Waals surface area (Å²) in [4.78, 5) is 5.15. The van der Waals surface area contributed by atoms with Crippen LogP contribution in [-0.4, -0.2) is 42.5 Å². The van der Waals surface area contributed by atoms with E-state index in [1.807, 2.05) is 0 Å². The minimum absolute atomic E-state index is 0.869. The van der Waals surface area contributed by atoms with Crippen LogP contribution in [0.25, 0.3) is 0 Å². The van der Waals surface area contributed by atoms with Crippen LogP contribution in [0.2, 0.25) is 0 Å². The molecule has 1 fully saturated rings. The Hall–Kier alpha value is -0.860. The molecule has 0 radical (unpaired) electrons. The lowest BCUT2D eigenvalue weighted by atomic mass is 10.1. The molecule has 1 heterocycles.